The number of hydrogen-bond donors (Lipinski definition) is 2. The number of phenols is 1. The number of methoxy groups -OCH3 is 1. The molecular weight excluding hydrogens is 393 g/mol. The van der Waals surface area contributed by atoms with Gasteiger partial charge in [0.1, 0.15) is 0 Å². The third-order valence-electron chi connectivity index (χ3n) is 4.06. The monoisotopic (exact) mass is 406 g/mol. The molecule has 10 heteroatoms. The van der Waals surface area contributed by atoms with E-state index in [1.54, 1.807) is 0 Å². The van der Waals surface area contributed by atoms with Gasteiger partial charge in [0.05, 0.1) is 23.9 Å². The number of phenolic OH excluding ortho intramolecular Hbond substituents is 1. The standard InChI is InChI=1S/C19H13F3N2O5/c1-29-14-4-2-3-11(15(14)25)9-13-16(19(20,21)22)23-24(17(13)26)12-7-5-10(6-8-12)18(27)28/h2-9,25H,1H3,(H,27,28). The summed E-state index contributed by atoms with van der Waals surface area (Å²) in [5, 5.41) is 22.9. The van der Waals surface area contributed by atoms with E-state index in [1.807, 2.05) is 0 Å². The van der Waals surface area contributed by atoms with Crippen LogP contribution in [0, 0.1) is 0 Å². The topological polar surface area (TPSA) is 99.4 Å². The minimum atomic E-state index is -4.94. The predicted octanol–water partition coefficient (Wildman–Crippen LogP) is 3.45. The van der Waals surface area contributed by atoms with E-state index >= 15 is 0 Å². The highest BCUT2D eigenvalue weighted by Crippen LogP contribution is 2.36. The van der Waals surface area contributed by atoms with Crippen LogP contribution in [0.5, 0.6) is 11.5 Å². The van der Waals surface area contributed by atoms with Crippen LogP contribution in [-0.2, 0) is 4.79 Å². The van der Waals surface area contributed by atoms with Gasteiger partial charge in [0, 0.05) is 5.56 Å². The quantitative estimate of drug-likeness (QED) is 0.758. The molecule has 2 aromatic carbocycles. The number of hydrogen-bond acceptors (Lipinski definition) is 5. The minimum absolute atomic E-state index is 0.0245. The Labute approximate surface area is 161 Å². The van der Waals surface area contributed by atoms with Gasteiger partial charge >= 0.3 is 12.1 Å². The lowest BCUT2D eigenvalue weighted by Crippen LogP contribution is -2.25. The fourth-order valence-corrected chi connectivity index (χ4v) is 2.65. The second-order valence-electron chi connectivity index (χ2n) is 5.87. The van der Waals surface area contributed by atoms with Gasteiger partial charge in [-0.2, -0.15) is 23.3 Å². The number of anilines is 1. The van der Waals surface area contributed by atoms with Gasteiger partial charge in [0.15, 0.2) is 17.2 Å². The van der Waals surface area contributed by atoms with E-state index in [1.165, 1.54) is 37.4 Å². The fraction of sp³-hybridized carbons (Fsp3) is 0.105. The van der Waals surface area contributed by atoms with Crippen LogP contribution in [0.25, 0.3) is 6.08 Å². The normalized spacial score (nSPS) is 15.6. The summed E-state index contributed by atoms with van der Waals surface area (Å²) in [7, 11) is 1.28. The number of rotatable bonds is 4. The summed E-state index contributed by atoms with van der Waals surface area (Å²) >= 11 is 0. The van der Waals surface area contributed by atoms with Crippen LogP contribution in [0.2, 0.25) is 0 Å². The van der Waals surface area contributed by atoms with Crippen LogP contribution >= 0.6 is 0 Å². The molecule has 2 N–H and O–H groups in total. The number of amides is 1. The molecule has 0 aromatic heterocycles. The van der Waals surface area contributed by atoms with Gasteiger partial charge in [-0.25, -0.2) is 4.79 Å². The van der Waals surface area contributed by atoms with Crippen LogP contribution in [0.4, 0.5) is 18.9 Å². The zero-order valence-corrected chi connectivity index (χ0v) is 14.8. The Balaban J connectivity index is 2.08. The molecule has 1 aliphatic heterocycles. The number of nitrogens with zero attached hydrogens (tertiary/aromatic N) is 2. The zero-order valence-electron chi connectivity index (χ0n) is 14.8. The molecule has 0 unspecified atom stereocenters. The Morgan fingerprint density at radius 3 is 2.38 bits per heavy atom. The number of carboxylic acid groups (broad SMARTS) is 1. The number of carbonyl (C=O) groups excluding carboxylic acids is 1. The lowest BCUT2D eigenvalue weighted by Gasteiger charge is -2.12. The maximum absolute atomic E-state index is 13.5. The lowest BCUT2D eigenvalue weighted by atomic mass is 10.0. The van der Waals surface area contributed by atoms with Crippen LogP contribution in [0.3, 0.4) is 0 Å². The van der Waals surface area contributed by atoms with Gasteiger partial charge in [-0.05, 0) is 36.4 Å². The Bertz CT molecular complexity index is 1040. The van der Waals surface area contributed by atoms with Gasteiger partial charge in [-0.15, -0.1) is 0 Å². The number of alkyl halides is 3. The number of aromatic hydroxyl groups is 1. The number of hydrazone groups is 1. The van der Waals surface area contributed by atoms with Crippen LogP contribution in [-0.4, -0.2) is 41.1 Å². The second kappa shape index (κ2) is 7.30. The SMILES string of the molecule is COc1cccc(C=C2C(=O)N(c3ccc(C(=O)O)cc3)N=C2C(F)(F)F)c1O. The summed E-state index contributed by atoms with van der Waals surface area (Å²) in [5.41, 5.74) is -2.42. The molecule has 0 saturated heterocycles. The third kappa shape index (κ3) is 3.77. The minimum Gasteiger partial charge on any atom is -0.504 e. The first-order valence-corrected chi connectivity index (χ1v) is 8.05. The average molecular weight is 406 g/mol. The average Bonchev–Trinajstić information content (AvgIpc) is 3.00. The molecule has 150 valence electrons. The molecule has 0 saturated carbocycles. The molecule has 1 amide bonds. The van der Waals surface area contributed by atoms with Crippen molar-refractivity contribution in [3.05, 3.63) is 59.2 Å². The maximum Gasteiger partial charge on any atom is 0.435 e. The molecule has 0 spiro atoms. The molecule has 1 aliphatic rings. The lowest BCUT2D eigenvalue weighted by molar-refractivity contribution is -0.114. The van der Waals surface area contributed by atoms with Gasteiger partial charge in [0.25, 0.3) is 5.91 Å². The summed E-state index contributed by atoms with van der Waals surface area (Å²) in [6.45, 7) is 0. The first-order valence-electron chi connectivity index (χ1n) is 8.05. The summed E-state index contributed by atoms with van der Waals surface area (Å²) in [4.78, 5) is 23.6. The Morgan fingerprint density at radius 1 is 1.17 bits per heavy atom. The van der Waals surface area contributed by atoms with Crippen LogP contribution in [0.1, 0.15) is 15.9 Å². The fourth-order valence-electron chi connectivity index (χ4n) is 2.65. The number of carboxylic acids is 1. The molecule has 2 aromatic rings. The first kappa shape index (κ1) is 19.9. The van der Waals surface area contributed by atoms with Crippen molar-refractivity contribution in [3.63, 3.8) is 0 Å². The van der Waals surface area contributed by atoms with E-state index in [4.69, 9.17) is 9.84 Å². The Kier molecular flexibility index (Phi) is 5.02. The van der Waals surface area contributed by atoms with Gasteiger partial charge in [-0.3, -0.25) is 4.79 Å². The molecule has 7 nitrogen and oxygen atoms in total. The first-order chi connectivity index (χ1) is 13.6. The molecule has 1 heterocycles. The van der Waals surface area contributed by atoms with Crippen molar-refractivity contribution in [2.24, 2.45) is 5.10 Å². The number of carbonyl (C=O) groups is 2. The van der Waals surface area contributed by atoms with Crippen molar-refractivity contribution in [1.82, 2.24) is 0 Å². The summed E-state index contributed by atoms with van der Waals surface area (Å²) in [6.07, 6.45) is -4.07. The van der Waals surface area contributed by atoms with Crippen LogP contribution < -0.4 is 9.75 Å². The van der Waals surface area contributed by atoms with Gasteiger partial charge in [0.2, 0.25) is 0 Å². The Hall–Kier alpha value is -3.82. The van der Waals surface area contributed by atoms with Gasteiger partial charge < -0.3 is 14.9 Å². The largest absolute Gasteiger partial charge is 0.504 e. The van der Waals surface area contributed by atoms with Gasteiger partial charge in [-0.1, -0.05) is 12.1 Å². The predicted molar refractivity (Wildman–Crippen MR) is 97.0 cm³/mol. The molecule has 29 heavy (non-hydrogen) atoms. The molecule has 0 atom stereocenters. The highest BCUT2D eigenvalue weighted by molar-refractivity contribution is 6.34. The molecule has 3 rings (SSSR count). The second-order valence-corrected chi connectivity index (χ2v) is 5.87. The molecular formula is C19H13F3N2O5. The summed E-state index contributed by atoms with van der Waals surface area (Å²) in [5.74, 6) is -2.71. The number of aromatic carboxylic acids is 1. The maximum atomic E-state index is 13.5. The van der Waals surface area contributed by atoms with E-state index in [9.17, 15) is 27.9 Å². The van der Waals surface area contributed by atoms with Crippen molar-refractivity contribution in [3.8, 4) is 11.5 Å². The van der Waals surface area contributed by atoms with E-state index < -0.39 is 35.1 Å². The van der Waals surface area contributed by atoms with Crippen molar-refractivity contribution in [1.29, 1.82) is 0 Å². The smallest absolute Gasteiger partial charge is 0.435 e. The van der Waals surface area contributed by atoms with E-state index in [-0.39, 0.29) is 22.6 Å². The summed E-state index contributed by atoms with van der Waals surface area (Å²) in [6, 6.07) is 8.79. The van der Waals surface area contributed by atoms with E-state index in [2.05, 4.69) is 5.10 Å². The van der Waals surface area contributed by atoms with Crippen molar-refractivity contribution in [2.45, 2.75) is 6.18 Å². The highest BCUT2D eigenvalue weighted by Gasteiger charge is 2.47. The zero-order chi connectivity index (χ0) is 21.3. The number of halogens is 3. The molecule has 0 radical (unpaired) electrons. The van der Waals surface area contributed by atoms with Crippen LogP contribution in [0.15, 0.2) is 53.1 Å². The van der Waals surface area contributed by atoms with E-state index in [0.717, 1.165) is 18.2 Å². The highest BCUT2D eigenvalue weighted by atomic mass is 19.4. The summed E-state index contributed by atoms with van der Waals surface area (Å²) < 4.78 is 45.3. The number of ether oxygens (including phenoxy) is 1. The van der Waals surface area contributed by atoms with E-state index in [0.29, 0.717) is 5.01 Å². The van der Waals surface area contributed by atoms with Crippen molar-refractivity contribution in [2.75, 3.05) is 12.1 Å². The molecule has 0 fully saturated rings. The van der Waals surface area contributed by atoms with Crippen molar-refractivity contribution >= 4 is 29.4 Å². The third-order valence-corrected chi connectivity index (χ3v) is 4.06. The molecule has 0 aliphatic carbocycles. The number of para-hydroxylation sites is 1. The van der Waals surface area contributed by atoms with Crippen molar-refractivity contribution < 1.29 is 37.7 Å². The Morgan fingerprint density at radius 2 is 1.83 bits per heavy atom. The molecule has 0 bridgehead atoms. The number of benzene rings is 2.